The predicted molar refractivity (Wildman–Crippen MR) is 166 cm³/mol. The molecule has 44 heavy (non-hydrogen) atoms. The molecule has 1 unspecified atom stereocenters. The van der Waals surface area contributed by atoms with Gasteiger partial charge in [-0.25, -0.2) is 0 Å². The van der Waals surface area contributed by atoms with Crippen molar-refractivity contribution in [2.45, 2.75) is 82.2 Å². The number of nitrogens with zero attached hydrogens (tertiary/aromatic N) is 2. The number of allylic oxidation sites excluding steroid dienone is 1. The van der Waals surface area contributed by atoms with Gasteiger partial charge in [0.2, 0.25) is 17.7 Å². The molecule has 2 saturated heterocycles. The number of aliphatic hydroxyl groups is 1. The van der Waals surface area contributed by atoms with Crippen LogP contribution in [-0.2, 0) is 28.7 Å². The molecule has 7 atom stereocenters. The average Bonchev–Trinajstić information content (AvgIpc) is 3.60. The molecule has 238 valence electrons. The molecule has 1 aromatic rings. The fourth-order valence-electron chi connectivity index (χ4n) is 7.08. The summed E-state index contributed by atoms with van der Waals surface area (Å²) in [7, 11) is 0. The number of hydrogen-bond acceptors (Lipinski definition) is 7. The molecule has 1 aromatic carbocycles. The van der Waals surface area contributed by atoms with Crippen molar-refractivity contribution in [3.8, 4) is 0 Å². The second-order valence-corrected chi connectivity index (χ2v) is 13.0. The first kappa shape index (κ1) is 32.4. The molecule has 10 nitrogen and oxygen atoms in total. The Morgan fingerprint density at radius 1 is 1.11 bits per heavy atom. The molecular weight excluding hydrogens is 630 g/mol. The number of hydrogen-bond donors (Lipinski definition) is 2. The Balaban J connectivity index is 1.58. The number of cyclic esters (lactones) is 1. The highest BCUT2D eigenvalue weighted by atomic mass is 79.9. The van der Waals surface area contributed by atoms with Gasteiger partial charge in [0.1, 0.15) is 24.4 Å². The topological polar surface area (TPSA) is 125 Å². The standard InChI is InChI=1S/C33H42BrN3O7/c1-3-12-21(2)36-16-9-5-8-15-25(39)43-20-24(22-13-6-4-7-14-22)35-30(40)26-27-31(41)37(17-10-11-18-38)29(32(36)42)33(27)19-23(34)28(26)44-33/h4-7,9,13-14,19,21,24,26-29,38H,3,8,10-12,15-18,20H2,1-2H3,(H,35,40)/b9-5-/t21?,24-,26-,27+,28-,29-,33+/m1/s1. The Morgan fingerprint density at radius 2 is 1.89 bits per heavy atom. The van der Waals surface area contributed by atoms with Gasteiger partial charge in [0.25, 0.3) is 0 Å². The second kappa shape index (κ2) is 14.0. The summed E-state index contributed by atoms with van der Waals surface area (Å²) in [5.41, 5.74) is -0.563. The maximum Gasteiger partial charge on any atom is 0.306 e. The molecule has 5 bridgehead atoms. The van der Waals surface area contributed by atoms with Gasteiger partial charge in [-0.05, 0) is 44.2 Å². The molecule has 2 fully saturated rings. The number of carbonyl (C=O) groups is 4. The number of amides is 3. The highest BCUT2D eigenvalue weighted by Gasteiger charge is 2.74. The number of rotatable bonds is 8. The van der Waals surface area contributed by atoms with Crippen molar-refractivity contribution in [3.05, 3.63) is 58.6 Å². The van der Waals surface area contributed by atoms with Gasteiger partial charge < -0.3 is 29.7 Å². The van der Waals surface area contributed by atoms with Crippen LogP contribution in [0, 0.1) is 11.8 Å². The molecule has 5 rings (SSSR count). The predicted octanol–water partition coefficient (Wildman–Crippen LogP) is 3.40. The third-order valence-corrected chi connectivity index (χ3v) is 9.88. The molecule has 0 aliphatic carbocycles. The molecule has 0 radical (unpaired) electrons. The van der Waals surface area contributed by atoms with Gasteiger partial charge in [-0.15, -0.1) is 0 Å². The average molecular weight is 673 g/mol. The van der Waals surface area contributed by atoms with Crippen LogP contribution in [0.25, 0.3) is 0 Å². The zero-order chi connectivity index (χ0) is 31.4. The summed E-state index contributed by atoms with van der Waals surface area (Å²) in [5, 5.41) is 12.5. The van der Waals surface area contributed by atoms with Crippen molar-refractivity contribution in [2.75, 3.05) is 26.3 Å². The SMILES string of the molecule is CCCC(C)N1C/C=C\CCC(=O)OC[C@H](c2ccccc2)NC(=O)[C@H]2[C@@H]3O[C@@]4(C=C3Br)[C@@H]2C(=O)N(CCCCO)[C@@H]4C1=O. The van der Waals surface area contributed by atoms with Crippen LogP contribution in [0.1, 0.15) is 64.0 Å². The molecule has 2 N–H and O–H groups in total. The number of esters is 1. The van der Waals surface area contributed by atoms with E-state index in [2.05, 4.69) is 28.2 Å². The number of ether oxygens (including phenoxy) is 2. The van der Waals surface area contributed by atoms with Crippen LogP contribution in [0.3, 0.4) is 0 Å². The van der Waals surface area contributed by atoms with E-state index in [9.17, 15) is 24.3 Å². The third-order valence-electron chi connectivity index (χ3n) is 9.20. The van der Waals surface area contributed by atoms with E-state index in [0.717, 1.165) is 18.4 Å². The lowest BCUT2D eigenvalue weighted by Crippen LogP contribution is -2.57. The number of nitrogens with one attached hydrogen (secondary N) is 1. The molecule has 3 amide bonds. The molecule has 4 heterocycles. The fourth-order valence-corrected chi connectivity index (χ4v) is 7.81. The van der Waals surface area contributed by atoms with Gasteiger partial charge >= 0.3 is 5.97 Å². The number of fused-ring (bicyclic) bond motifs is 2. The number of halogens is 1. The van der Waals surface area contributed by atoms with Crippen molar-refractivity contribution >= 4 is 39.6 Å². The van der Waals surface area contributed by atoms with Crippen molar-refractivity contribution in [2.24, 2.45) is 11.8 Å². The maximum atomic E-state index is 14.7. The monoisotopic (exact) mass is 671 g/mol. The Morgan fingerprint density at radius 3 is 2.61 bits per heavy atom. The minimum absolute atomic E-state index is 0.0276. The Kier molecular flexibility index (Phi) is 10.3. The quantitative estimate of drug-likeness (QED) is 0.247. The molecule has 11 heteroatoms. The summed E-state index contributed by atoms with van der Waals surface area (Å²) in [6.45, 7) is 4.53. The van der Waals surface area contributed by atoms with Crippen LogP contribution in [0.2, 0.25) is 0 Å². The Hall–Kier alpha value is -3.02. The van der Waals surface area contributed by atoms with Crippen molar-refractivity contribution in [3.63, 3.8) is 0 Å². The van der Waals surface area contributed by atoms with E-state index >= 15 is 0 Å². The van der Waals surface area contributed by atoms with Crippen LogP contribution in [-0.4, -0.2) is 88.7 Å². The Bertz CT molecular complexity index is 1300. The van der Waals surface area contributed by atoms with Crippen LogP contribution in [0.15, 0.2) is 53.0 Å². The lowest BCUT2D eigenvalue weighted by molar-refractivity contribution is -0.149. The second-order valence-electron chi connectivity index (χ2n) is 12.1. The molecular formula is C33H42BrN3O7. The molecule has 1 spiro atoms. The van der Waals surface area contributed by atoms with Crippen molar-refractivity contribution in [1.29, 1.82) is 0 Å². The molecule has 4 aliphatic rings. The maximum absolute atomic E-state index is 14.7. The van der Waals surface area contributed by atoms with E-state index in [1.807, 2.05) is 55.5 Å². The lowest BCUT2D eigenvalue weighted by atomic mass is 9.74. The van der Waals surface area contributed by atoms with E-state index in [0.29, 0.717) is 30.3 Å². The minimum Gasteiger partial charge on any atom is -0.463 e. The normalized spacial score (nSPS) is 32.3. The van der Waals surface area contributed by atoms with E-state index in [1.165, 1.54) is 0 Å². The Labute approximate surface area is 266 Å². The van der Waals surface area contributed by atoms with Gasteiger partial charge in [0.15, 0.2) is 0 Å². The summed E-state index contributed by atoms with van der Waals surface area (Å²) in [5.74, 6) is -3.15. The van der Waals surface area contributed by atoms with E-state index in [4.69, 9.17) is 9.47 Å². The molecule has 4 aliphatic heterocycles. The molecule has 0 aromatic heterocycles. The van der Waals surface area contributed by atoms with Crippen LogP contribution < -0.4 is 5.32 Å². The van der Waals surface area contributed by atoms with E-state index in [-0.39, 0.29) is 50.0 Å². The number of benzene rings is 1. The van der Waals surface area contributed by atoms with Gasteiger partial charge in [0, 0.05) is 36.6 Å². The van der Waals surface area contributed by atoms with Gasteiger partial charge in [0.05, 0.1) is 17.9 Å². The summed E-state index contributed by atoms with van der Waals surface area (Å²) >= 11 is 3.61. The minimum atomic E-state index is -1.32. The van der Waals surface area contributed by atoms with Gasteiger partial charge in [-0.2, -0.15) is 0 Å². The first-order valence-corrected chi connectivity index (χ1v) is 16.5. The smallest absolute Gasteiger partial charge is 0.306 e. The third kappa shape index (κ3) is 6.10. The summed E-state index contributed by atoms with van der Waals surface area (Å²) in [6.07, 6.45) is 8.07. The lowest BCUT2D eigenvalue weighted by Gasteiger charge is -2.38. The number of unbranched alkanes of at least 4 members (excludes halogenated alkanes) is 1. The first-order valence-electron chi connectivity index (χ1n) is 15.7. The van der Waals surface area contributed by atoms with Gasteiger partial charge in [-0.3, -0.25) is 19.2 Å². The van der Waals surface area contributed by atoms with Gasteiger partial charge in [-0.1, -0.05) is 71.8 Å². The zero-order valence-electron chi connectivity index (χ0n) is 25.3. The zero-order valence-corrected chi connectivity index (χ0v) is 26.9. The highest BCUT2D eigenvalue weighted by Crippen LogP contribution is 2.58. The van der Waals surface area contributed by atoms with E-state index in [1.54, 1.807) is 9.80 Å². The summed E-state index contributed by atoms with van der Waals surface area (Å²) < 4.78 is 12.8. The number of carbonyl (C=O) groups excluding carboxylic acids is 4. The largest absolute Gasteiger partial charge is 0.463 e. The first-order chi connectivity index (χ1) is 21.2. The number of aliphatic hydroxyl groups excluding tert-OH is 1. The summed E-state index contributed by atoms with van der Waals surface area (Å²) in [4.78, 5) is 59.1. The summed E-state index contributed by atoms with van der Waals surface area (Å²) in [6, 6.07) is 7.53. The van der Waals surface area contributed by atoms with Crippen LogP contribution in [0.4, 0.5) is 0 Å². The van der Waals surface area contributed by atoms with E-state index < -0.39 is 41.5 Å². The van der Waals surface area contributed by atoms with Crippen molar-refractivity contribution in [1.82, 2.24) is 15.1 Å². The van der Waals surface area contributed by atoms with Crippen LogP contribution >= 0.6 is 15.9 Å². The van der Waals surface area contributed by atoms with Crippen molar-refractivity contribution < 1.29 is 33.8 Å². The molecule has 0 saturated carbocycles. The van der Waals surface area contributed by atoms with Crippen LogP contribution in [0.5, 0.6) is 0 Å². The highest BCUT2D eigenvalue weighted by molar-refractivity contribution is 9.11. The fraction of sp³-hybridized carbons (Fsp3) is 0.576. The number of likely N-dealkylation sites (tertiary alicyclic amines) is 1.